The van der Waals surface area contributed by atoms with Gasteiger partial charge in [-0.25, -0.2) is 0 Å². The monoisotopic (exact) mass is 256 g/mol. The van der Waals surface area contributed by atoms with Crippen molar-refractivity contribution in [2.75, 3.05) is 6.54 Å². The van der Waals surface area contributed by atoms with Gasteiger partial charge in [-0.05, 0) is 47.0 Å². The van der Waals surface area contributed by atoms with E-state index in [4.69, 9.17) is 5.11 Å². The molecule has 1 aliphatic rings. The number of carbonyl (C=O) groups is 2. The van der Waals surface area contributed by atoms with Crippen molar-refractivity contribution in [3.63, 3.8) is 0 Å². The SMILES string of the molecule is CC(C)N(C(=O)CNC1(C(=O)O)CCC1)C(C)C. The molecule has 1 amide bonds. The van der Waals surface area contributed by atoms with E-state index >= 15 is 0 Å². The molecule has 0 atom stereocenters. The van der Waals surface area contributed by atoms with E-state index in [0.29, 0.717) is 12.8 Å². The van der Waals surface area contributed by atoms with E-state index < -0.39 is 11.5 Å². The number of carboxylic acids is 1. The van der Waals surface area contributed by atoms with Crippen LogP contribution in [0.4, 0.5) is 0 Å². The van der Waals surface area contributed by atoms with Crippen LogP contribution in [0.3, 0.4) is 0 Å². The van der Waals surface area contributed by atoms with Crippen LogP contribution in [0.2, 0.25) is 0 Å². The lowest BCUT2D eigenvalue weighted by Gasteiger charge is -2.39. The Bertz CT molecular complexity index is 314. The number of hydrogen-bond donors (Lipinski definition) is 2. The molecule has 1 aliphatic carbocycles. The zero-order valence-electron chi connectivity index (χ0n) is 11.7. The van der Waals surface area contributed by atoms with Gasteiger partial charge in [0.15, 0.2) is 0 Å². The fraction of sp³-hybridized carbons (Fsp3) is 0.846. The van der Waals surface area contributed by atoms with Crippen LogP contribution in [0.15, 0.2) is 0 Å². The molecule has 0 unspecified atom stereocenters. The van der Waals surface area contributed by atoms with Crippen molar-refractivity contribution in [1.82, 2.24) is 10.2 Å². The number of rotatable bonds is 6. The van der Waals surface area contributed by atoms with E-state index in [1.807, 2.05) is 27.7 Å². The second kappa shape index (κ2) is 5.69. The average molecular weight is 256 g/mol. The van der Waals surface area contributed by atoms with Crippen molar-refractivity contribution >= 4 is 11.9 Å². The molecule has 0 spiro atoms. The first-order valence-corrected chi connectivity index (χ1v) is 6.60. The first-order valence-electron chi connectivity index (χ1n) is 6.60. The Morgan fingerprint density at radius 2 is 1.72 bits per heavy atom. The van der Waals surface area contributed by atoms with E-state index in [1.165, 1.54) is 0 Å². The molecule has 1 fully saturated rings. The van der Waals surface area contributed by atoms with Gasteiger partial charge in [0, 0.05) is 12.1 Å². The molecular formula is C13H24N2O3. The van der Waals surface area contributed by atoms with Gasteiger partial charge in [0.25, 0.3) is 0 Å². The Kier molecular flexibility index (Phi) is 4.73. The van der Waals surface area contributed by atoms with Crippen LogP contribution in [0.1, 0.15) is 47.0 Å². The Labute approximate surface area is 109 Å². The third-order valence-corrected chi connectivity index (χ3v) is 3.60. The highest BCUT2D eigenvalue weighted by Gasteiger charge is 2.44. The Morgan fingerprint density at radius 1 is 1.22 bits per heavy atom. The van der Waals surface area contributed by atoms with Crippen LogP contribution < -0.4 is 5.32 Å². The number of carbonyl (C=O) groups excluding carboxylic acids is 1. The second-order valence-corrected chi connectivity index (χ2v) is 5.58. The molecule has 0 heterocycles. The van der Waals surface area contributed by atoms with E-state index in [0.717, 1.165) is 6.42 Å². The summed E-state index contributed by atoms with van der Waals surface area (Å²) < 4.78 is 0. The van der Waals surface area contributed by atoms with Gasteiger partial charge in [-0.15, -0.1) is 0 Å². The maximum atomic E-state index is 12.1. The Balaban J connectivity index is 2.57. The smallest absolute Gasteiger partial charge is 0.323 e. The van der Waals surface area contributed by atoms with Gasteiger partial charge in [0.1, 0.15) is 5.54 Å². The van der Waals surface area contributed by atoms with Crippen molar-refractivity contribution in [3.8, 4) is 0 Å². The predicted octanol–water partition coefficient (Wildman–Crippen LogP) is 1.23. The number of hydrogen-bond acceptors (Lipinski definition) is 3. The van der Waals surface area contributed by atoms with Crippen molar-refractivity contribution in [2.24, 2.45) is 0 Å². The Morgan fingerprint density at radius 3 is 2.00 bits per heavy atom. The zero-order chi connectivity index (χ0) is 13.9. The number of nitrogens with zero attached hydrogens (tertiary/aromatic N) is 1. The molecule has 5 heteroatoms. The molecule has 18 heavy (non-hydrogen) atoms. The van der Waals surface area contributed by atoms with Crippen molar-refractivity contribution in [1.29, 1.82) is 0 Å². The molecule has 5 nitrogen and oxygen atoms in total. The van der Waals surface area contributed by atoms with E-state index in [-0.39, 0.29) is 24.5 Å². The van der Waals surface area contributed by atoms with Crippen LogP contribution in [-0.4, -0.2) is 46.1 Å². The molecule has 1 rings (SSSR count). The molecule has 0 bridgehead atoms. The summed E-state index contributed by atoms with van der Waals surface area (Å²) in [6.45, 7) is 7.97. The molecule has 0 aromatic rings. The van der Waals surface area contributed by atoms with Gasteiger partial charge in [0.2, 0.25) is 5.91 Å². The van der Waals surface area contributed by atoms with Gasteiger partial charge in [-0.3, -0.25) is 14.9 Å². The van der Waals surface area contributed by atoms with Crippen LogP contribution in [0.25, 0.3) is 0 Å². The molecule has 1 saturated carbocycles. The van der Waals surface area contributed by atoms with E-state index in [9.17, 15) is 9.59 Å². The fourth-order valence-electron chi connectivity index (χ4n) is 2.50. The Hall–Kier alpha value is -1.10. The maximum absolute atomic E-state index is 12.1. The first kappa shape index (κ1) is 15.0. The largest absolute Gasteiger partial charge is 0.480 e. The highest BCUT2D eigenvalue weighted by molar-refractivity contribution is 5.83. The summed E-state index contributed by atoms with van der Waals surface area (Å²) in [6, 6.07) is 0.253. The van der Waals surface area contributed by atoms with Crippen LogP contribution in [0, 0.1) is 0 Å². The normalized spacial score (nSPS) is 17.7. The minimum atomic E-state index is -0.866. The second-order valence-electron chi connectivity index (χ2n) is 5.58. The molecule has 0 aromatic heterocycles. The highest BCUT2D eigenvalue weighted by Crippen LogP contribution is 2.31. The number of nitrogens with one attached hydrogen (secondary N) is 1. The van der Waals surface area contributed by atoms with Gasteiger partial charge in [-0.2, -0.15) is 0 Å². The topological polar surface area (TPSA) is 69.6 Å². The summed E-state index contributed by atoms with van der Waals surface area (Å²) >= 11 is 0. The molecule has 0 saturated heterocycles. The zero-order valence-corrected chi connectivity index (χ0v) is 11.7. The first-order chi connectivity index (χ1) is 8.30. The van der Waals surface area contributed by atoms with Crippen LogP contribution in [0.5, 0.6) is 0 Å². The van der Waals surface area contributed by atoms with E-state index in [1.54, 1.807) is 4.90 Å². The minimum absolute atomic E-state index is 0.0347. The lowest BCUT2D eigenvalue weighted by molar-refractivity contribution is -0.149. The summed E-state index contributed by atoms with van der Waals surface area (Å²) in [6.07, 6.45) is 2.13. The molecule has 0 radical (unpaired) electrons. The molecule has 0 aliphatic heterocycles. The average Bonchev–Trinajstić information content (AvgIpc) is 2.13. The summed E-state index contributed by atoms with van der Waals surface area (Å²) in [5, 5.41) is 12.1. The van der Waals surface area contributed by atoms with Gasteiger partial charge in [-0.1, -0.05) is 0 Å². The maximum Gasteiger partial charge on any atom is 0.323 e. The number of carboxylic acid groups (broad SMARTS) is 1. The summed E-state index contributed by atoms with van der Waals surface area (Å²) in [7, 11) is 0. The van der Waals surface area contributed by atoms with Crippen LogP contribution >= 0.6 is 0 Å². The lowest BCUT2D eigenvalue weighted by atomic mass is 9.77. The van der Waals surface area contributed by atoms with Gasteiger partial charge >= 0.3 is 5.97 Å². The molecule has 0 aromatic carbocycles. The number of aliphatic carboxylic acids is 1. The molecule has 2 N–H and O–H groups in total. The van der Waals surface area contributed by atoms with Crippen LogP contribution in [-0.2, 0) is 9.59 Å². The van der Waals surface area contributed by atoms with Gasteiger partial charge < -0.3 is 10.0 Å². The highest BCUT2D eigenvalue weighted by atomic mass is 16.4. The third kappa shape index (κ3) is 3.02. The predicted molar refractivity (Wildman–Crippen MR) is 69.3 cm³/mol. The van der Waals surface area contributed by atoms with Crippen molar-refractivity contribution in [3.05, 3.63) is 0 Å². The quantitative estimate of drug-likeness (QED) is 0.750. The third-order valence-electron chi connectivity index (χ3n) is 3.60. The summed E-state index contributed by atoms with van der Waals surface area (Å²) in [5.41, 5.74) is -0.866. The fourth-order valence-corrected chi connectivity index (χ4v) is 2.50. The lowest BCUT2D eigenvalue weighted by Crippen LogP contribution is -2.60. The molecular weight excluding hydrogens is 232 g/mol. The van der Waals surface area contributed by atoms with Crippen molar-refractivity contribution < 1.29 is 14.7 Å². The van der Waals surface area contributed by atoms with Crippen molar-refractivity contribution in [2.45, 2.75) is 64.6 Å². The summed E-state index contributed by atoms with van der Waals surface area (Å²) in [5.74, 6) is -0.880. The standard InChI is InChI=1S/C13H24N2O3/c1-9(2)15(10(3)4)11(16)8-14-13(12(17)18)6-5-7-13/h9-10,14H,5-8H2,1-4H3,(H,17,18). The minimum Gasteiger partial charge on any atom is -0.480 e. The van der Waals surface area contributed by atoms with E-state index in [2.05, 4.69) is 5.32 Å². The number of amides is 1. The molecule has 104 valence electrons. The summed E-state index contributed by atoms with van der Waals surface area (Å²) in [4.78, 5) is 25.1. The van der Waals surface area contributed by atoms with Gasteiger partial charge in [0.05, 0.1) is 6.54 Å².